The Morgan fingerprint density at radius 1 is 1.33 bits per heavy atom. The molecule has 1 aliphatic rings. The lowest BCUT2D eigenvalue weighted by Crippen LogP contribution is -2.26. The van der Waals surface area contributed by atoms with E-state index in [0.717, 1.165) is 31.5 Å². The van der Waals surface area contributed by atoms with Crippen molar-refractivity contribution < 1.29 is 9.84 Å². The molecule has 0 aromatic carbocycles. The number of hydrogen-bond donors (Lipinski definition) is 1. The van der Waals surface area contributed by atoms with E-state index in [2.05, 4.69) is 9.97 Å². The third-order valence-electron chi connectivity index (χ3n) is 2.68. The molecular weight excluding hydrogens is 192 g/mol. The second-order valence-electron chi connectivity index (χ2n) is 3.99. The molecule has 1 aromatic heterocycles. The van der Waals surface area contributed by atoms with Crippen molar-refractivity contribution in [3.8, 4) is 5.88 Å². The Morgan fingerprint density at radius 3 is 2.73 bits per heavy atom. The van der Waals surface area contributed by atoms with Gasteiger partial charge in [-0.3, -0.25) is 0 Å². The van der Waals surface area contributed by atoms with E-state index >= 15 is 0 Å². The maximum absolute atomic E-state index is 9.36. The number of aromatic nitrogens is 2. The van der Waals surface area contributed by atoms with Crippen LogP contribution in [-0.2, 0) is 0 Å². The molecule has 0 radical (unpaired) electrons. The number of hydrogen-bond acceptors (Lipinski definition) is 4. The Hall–Kier alpha value is -1.16. The molecule has 15 heavy (non-hydrogen) atoms. The quantitative estimate of drug-likeness (QED) is 0.799. The minimum Gasteiger partial charge on any atom is -0.474 e. The van der Waals surface area contributed by atoms with Gasteiger partial charge in [0.1, 0.15) is 11.9 Å². The molecule has 1 fully saturated rings. The monoisotopic (exact) mass is 208 g/mol. The van der Waals surface area contributed by atoms with Crippen molar-refractivity contribution in [3.05, 3.63) is 18.1 Å². The lowest BCUT2D eigenvalue weighted by Gasteiger charge is -2.25. The predicted molar refractivity (Wildman–Crippen MR) is 55.7 cm³/mol. The van der Waals surface area contributed by atoms with Gasteiger partial charge in [0.05, 0.1) is 6.10 Å². The Bertz CT molecular complexity index is 322. The van der Waals surface area contributed by atoms with Gasteiger partial charge in [-0.25, -0.2) is 4.98 Å². The van der Waals surface area contributed by atoms with Gasteiger partial charge in [0.15, 0.2) is 0 Å². The molecule has 4 heteroatoms. The maximum atomic E-state index is 9.36. The van der Waals surface area contributed by atoms with Crippen LogP contribution in [0.1, 0.15) is 31.5 Å². The lowest BCUT2D eigenvalue weighted by atomic mass is 9.95. The zero-order chi connectivity index (χ0) is 10.7. The molecule has 2 rings (SSSR count). The van der Waals surface area contributed by atoms with E-state index in [1.165, 1.54) is 0 Å². The van der Waals surface area contributed by atoms with Crippen LogP contribution in [0, 0.1) is 6.92 Å². The molecule has 0 amide bonds. The first-order valence-electron chi connectivity index (χ1n) is 5.38. The summed E-state index contributed by atoms with van der Waals surface area (Å²) in [5, 5.41) is 9.36. The summed E-state index contributed by atoms with van der Waals surface area (Å²) >= 11 is 0. The van der Waals surface area contributed by atoms with E-state index in [9.17, 15) is 5.11 Å². The normalized spacial score (nSPS) is 26.3. The lowest BCUT2D eigenvalue weighted by molar-refractivity contribution is 0.0642. The smallest absolute Gasteiger partial charge is 0.216 e. The highest BCUT2D eigenvalue weighted by Gasteiger charge is 2.20. The van der Waals surface area contributed by atoms with Gasteiger partial charge in [0.2, 0.25) is 5.88 Å². The van der Waals surface area contributed by atoms with E-state index in [4.69, 9.17) is 4.74 Å². The van der Waals surface area contributed by atoms with E-state index < -0.39 is 0 Å². The SMILES string of the molecule is Cc1nccc(O[C@H]2CC[C@H](O)CC2)n1. The van der Waals surface area contributed by atoms with Crippen molar-refractivity contribution in [3.63, 3.8) is 0 Å². The third kappa shape index (κ3) is 2.89. The van der Waals surface area contributed by atoms with Crippen LogP contribution in [0.4, 0.5) is 0 Å². The molecular formula is C11H16N2O2. The second kappa shape index (κ2) is 4.57. The van der Waals surface area contributed by atoms with Crippen LogP contribution in [0.25, 0.3) is 0 Å². The summed E-state index contributed by atoms with van der Waals surface area (Å²) in [7, 11) is 0. The molecule has 0 spiro atoms. The molecule has 0 unspecified atom stereocenters. The van der Waals surface area contributed by atoms with Gasteiger partial charge in [-0.05, 0) is 32.6 Å². The van der Waals surface area contributed by atoms with Crippen LogP contribution < -0.4 is 4.74 Å². The zero-order valence-corrected chi connectivity index (χ0v) is 8.89. The molecule has 1 heterocycles. The van der Waals surface area contributed by atoms with Gasteiger partial charge in [0, 0.05) is 12.3 Å². The highest BCUT2D eigenvalue weighted by Crippen LogP contribution is 2.22. The maximum Gasteiger partial charge on any atom is 0.216 e. The number of aryl methyl sites for hydroxylation is 1. The van der Waals surface area contributed by atoms with Crippen molar-refractivity contribution in [1.82, 2.24) is 9.97 Å². The van der Waals surface area contributed by atoms with Crippen molar-refractivity contribution >= 4 is 0 Å². The summed E-state index contributed by atoms with van der Waals surface area (Å²) in [6.45, 7) is 1.84. The summed E-state index contributed by atoms with van der Waals surface area (Å²) in [6.07, 6.45) is 5.23. The summed E-state index contributed by atoms with van der Waals surface area (Å²) in [6, 6.07) is 1.78. The van der Waals surface area contributed by atoms with E-state index in [1.807, 2.05) is 6.92 Å². The molecule has 1 aromatic rings. The van der Waals surface area contributed by atoms with Crippen molar-refractivity contribution in [2.45, 2.75) is 44.8 Å². The molecule has 0 saturated heterocycles. The van der Waals surface area contributed by atoms with Gasteiger partial charge >= 0.3 is 0 Å². The average molecular weight is 208 g/mol. The fourth-order valence-corrected chi connectivity index (χ4v) is 1.83. The molecule has 0 atom stereocenters. The molecule has 0 bridgehead atoms. The van der Waals surface area contributed by atoms with Gasteiger partial charge in [-0.2, -0.15) is 4.98 Å². The average Bonchev–Trinajstić information content (AvgIpc) is 2.22. The molecule has 0 aliphatic heterocycles. The van der Waals surface area contributed by atoms with Crippen LogP contribution in [0.2, 0.25) is 0 Å². The largest absolute Gasteiger partial charge is 0.474 e. The zero-order valence-electron chi connectivity index (χ0n) is 8.89. The first-order valence-corrected chi connectivity index (χ1v) is 5.38. The first-order chi connectivity index (χ1) is 7.24. The summed E-state index contributed by atoms with van der Waals surface area (Å²) in [5.41, 5.74) is 0. The van der Waals surface area contributed by atoms with Gasteiger partial charge in [0.25, 0.3) is 0 Å². The molecule has 1 N–H and O–H groups in total. The standard InChI is InChI=1S/C11H16N2O2/c1-8-12-7-6-11(13-8)15-10-4-2-9(14)3-5-10/h6-7,9-10,14H,2-5H2,1H3/t9-,10-. The summed E-state index contributed by atoms with van der Waals surface area (Å²) in [5.74, 6) is 1.37. The molecule has 4 nitrogen and oxygen atoms in total. The topological polar surface area (TPSA) is 55.2 Å². The van der Waals surface area contributed by atoms with Crippen LogP contribution in [-0.4, -0.2) is 27.3 Å². The Labute approximate surface area is 89.3 Å². The van der Waals surface area contributed by atoms with Crippen LogP contribution in [0.5, 0.6) is 5.88 Å². The number of ether oxygens (including phenoxy) is 1. The summed E-state index contributed by atoms with van der Waals surface area (Å²) in [4.78, 5) is 8.20. The number of rotatable bonds is 2. The molecule has 82 valence electrons. The molecule has 1 aliphatic carbocycles. The minimum absolute atomic E-state index is 0.142. The van der Waals surface area contributed by atoms with Crippen LogP contribution in [0.15, 0.2) is 12.3 Å². The predicted octanol–water partition coefficient (Wildman–Crippen LogP) is 1.47. The Kier molecular flexibility index (Phi) is 3.16. The third-order valence-corrected chi connectivity index (χ3v) is 2.68. The van der Waals surface area contributed by atoms with E-state index in [1.54, 1.807) is 12.3 Å². The van der Waals surface area contributed by atoms with E-state index in [0.29, 0.717) is 5.88 Å². The van der Waals surface area contributed by atoms with E-state index in [-0.39, 0.29) is 12.2 Å². The summed E-state index contributed by atoms with van der Waals surface area (Å²) < 4.78 is 5.72. The first kappa shape index (κ1) is 10.4. The number of aliphatic hydroxyl groups is 1. The Morgan fingerprint density at radius 2 is 2.07 bits per heavy atom. The number of aliphatic hydroxyl groups excluding tert-OH is 1. The van der Waals surface area contributed by atoms with Gasteiger partial charge < -0.3 is 9.84 Å². The second-order valence-corrected chi connectivity index (χ2v) is 3.99. The van der Waals surface area contributed by atoms with Crippen LogP contribution in [0.3, 0.4) is 0 Å². The van der Waals surface area contributed by atoms with Gasteiger partial charge in [-0.15, -0.1) is 0 Å². The highest BCUT2D eigenvalue weighted by atomic mass is 16.5. The fraction of sp³-hybridized carbons (Fsp3) is 0.636. The van der Waals surface area contributed by atoms with Crippen molar-refractivity contribution in [2.24, 2.45) is 0 Å². The van der Waals surface area contributed by atoms with Gasteiger partial charge in [-0.1, -0.05) is 0 Å². The van der Waals surface area contributed by atoms with Crippen LogP contribution >= 0.6 is 0 Å². The van der Waals surface area contributed by atoms with Crippen molar-refractivity contribution in [2.75, 3.05) is 0 Å². The highest BCUT2D eigenvalue weighted by molar-refractivity contribution is 5.08. The Balaban J connectivity index is 1.92. The fourth-order valence-electron chi connectivity index (χ4n) is 1.83. The number of nitrogens with zero attached hydrogens (tertiary/aromatic N) is 2. The minimum atomic E-state index is -0.142. The van der Waals surface area contributed by atoms with Crippen molar-refractivity contribution in [1.29, 1.82) is 0 Å². The molecule has 1 saturated carbocycles.